The second-order valence-corrected chi connectivity index (χ2v) is 5.65. The fourth-order valence-corrected chi connectivity index (χ4v) is 2.56. The van der Waals surface area contributed by atoms with Gasteiger partial charge in [0.05, 0.1) is 19.8 Å². The predicted molar refractivity (Wildman–Crippen MR) is 95.1 cm³/mol. The Morgan fingerprint density at radius 2 is 1.96 bits per heavy atom. The fourth-order valence-electron chi connectivity index (χ4n) is 2.56. The standard InChI is InChI=1S/C17H23N5O2/c1-13-12-19-17(21-16(13)18-6-9-23)20-14-2-4-15(5-3-14)22-7-10-24-11-8-22/h2-5,12,23H,6-11H2,1H3,(H2,18,19,20,21). The quantitative estimate of drug-likeness (QED) is 0.745. The van der Waals surface area contributed by atoms with Crippen molar-refractivity contribution in [1.82, 2.24) is 9.97 Å². The lowest BCUT2D eigenvalue weighted by Crippen LogP contribution is -2.36. The average Bonchev–Trinajstić information content (AvgIpc) is 2.63. The lowest BCUT2D eigenvalue weighted by molar-refractivity contribution is 0.122. The fraction of sp³-hybridized carbons (Fsp3) is 0.412. The Morgan fingerprint density at radius 1 is 1.21 bits per heavy atom. The Kier molecular flexibility index (Phi) is 5.45. The molecule has 0 spiro atoms. The molecule has 3 rings (SSSR count). The highest BCUT2D eigenvalue weighted by atomic mass is 16.5. The van der Waals surface area contributed by atoms with Gasteiger partial charge in [0.1, 0.15) is 5.82 Å². The number of ether oxygens (including phenoxy) is 1. The molecule has 24 heavy (non-hydrogen) atoms. The number of rotatable bonds is 6. The van der Waals surface area contributed by atoms with E-state index >= 15 is 0 Å². The van der Waals surface area contributed by atoms with Crippen molar-refractivity contribution in [2.75, 3.05) is 55.0 Å². The van der Waals surface area contributed by atoms with Crippen molar-refractivity contribution in [1.29, 1.82) is 0 Å². The normalized spacial score (nSPS) is 14.5. The van der Waals surface area contributed by atoms with E-state index in [2.05, 4.69) is 37.6 Å². The SMILES string of the molecule is Cc1cnc(Nc2ccc(N3CCOCC3)cc2)nc1NCCO. The molecule has 0 radical (unpaired) electrons. The number of aliphatic hydroxyl groups excluding tert-OH is 1. The molecule has 0 saturated carbocycles. The van der Waals surface area contributed by atoms with Gasteiger partial charge in [-0.25, -0.2) is 4.98 Å². The van der Waals surface area contributed by atoms with Crippen LogP contribution in [0.15, 0.2) is 30.5 Å². The summed E-state index contributed by atoms with van der Waals surface area (Å²) >= 11 is 0. The molecule has 7 heteroatoms. The minimum absolute atomic E-state index is 0.0647. The van der Waals surface area contributed by atoms with Gasteiger partial charge in [0.2, 0.25) is 5.95 Å². The van der Waals surface area contributed by atoms with E-state index in [1.54, 1.807) is 6.20 Å². The third-order valence-electron chi connectivity index (χ3n) is 3.88. The van der Waals surface area contributed by atoms with Crippen LogP contribution in [0.5, 0.6) is 0 Å². The monoisotopic (exact) mass is 329 g/mol. The smallest absolute Gasteiger partial charge is 0.229 e. The second-order valence-electron chi connectivity index (χ2n) is 5.65. The largest absolute Gasteiger partial charge is 0.395 e. The van der Waals surface area contributed by atoms with Gasteiger partial charge in [0.25, 0.3) is 0 Å². The van der Waals surface area contributed by atoms with Crippen LogP contribution in [0.2, 0.25) is 0 Å². The highest BCUT2D eigenvalue weighted by Crippen LogP contribution is 2.21. The van der Waals surface area contributed by atoms with Crippen LogP contribution in [0.1, 0.15) is 5.56 Å². The van der Waals surface area contributed by atoms with E-state index in [0.29, 0.717) is 12.5 Å². The summed E-state index contributed by atoms with van der Waals surface area (Å²) in [4.78, 5) is 11.1. The van der Waals surface area contributed by atoms with E-state index in [9.17, 15) is 0 Å². The Hall–Kier alpha value is -2.38. The first kappa shape index (κ1) is 16.5. The van der Waals surface area contributed by atoms with Gasteiger partial charge in [-0.05, 0) is 31.2 Å². The topological polar surface area (TPSA) is 82.5 Å². The van der Waals surface area contributed by atoms with Crippen molar-refractivity contribution in [3.05, 3.63) is 36.0 Å². The second kappa shape index (κ2) is 7.94. The molecule has 1 saturated heterocycles. The molecular formula is C17H23N5O2. The number of anilines is 4. The molecule has 2 aromatic rings. The molecule has 0 atom stereocenters. The Morgan fingerprint density at radius 3 is 2.67 bits per heavy atom. The van der Waals surface area contributed by atoms with E-state index in [4.69, 9.17) is 9.84 Å². The van der Waals surface area contributed by atoms with Gasteiger partial charge in [-0.2, -0.15) is 4.98 Å². The van der Waals surface area contributed by atoms with Gasteiger partial charge in [-0.15, -0.1) is 0 Å². The van der Waals surface area contributed by atoms with E-state index in [-0.39, 0.29) is 6.61 Å². The lowest BCUT2D eigenvalue weighted by Gasteiger charge is -2.28. The van der Waals surface area contributed by atoms with Crippen molar-refractivity contribution < 1.29 is 9.84 Å². The summed E-state index contributed by atoms with van der Waals surface area (Å²) in [5, 5.41) is 15.2. The molecule has 3 N–H and O–H groups in total. The Balaban J connectivity index is 1.67. The third kappa shape index (κ3) is 4.12. The first-order chi connectivity index (χ1) is 11.8. The first-order valence-electron chi connectivity index (χ1n) is 8.14. The number of aromatic nitrogens is 2. The molecule has 0 bridgehead atoms. The van der Waals surface area contributed by atoms with E-state index in [1.165, 1.54) is 5.69 Å². The molecule has 7 nitrogen and oxygen atoms in total. The maximum absolute atomic E-state index is 8.92. The number of nitrogens with one attached hydrogen (secondary N) is 2. The van der Waals surface area contributed by atoms with Crippen LogP contribution in [0, 0.1) is 6.92 Å². The Bertz CT molecular complexity index is 657. The minimum Gasteiger partial charge on any atom is -0.395 e. The first-order valence-corrected chi connectivity index (χ1v) is 8.14. The van der Waals surface area contributed by atoms with Crippen LogP contribution in [0.25, 0.3) is 0 Å². The van der Waals surface area contributed by atoms with Crippen LogP contribution in [-0.4, -0.2) is 54.5 Å². The van der Waals surface area contributed by atoms with Gasteiger partial charge in [-0.1, -0.05) is 0 Å². The van der Waals surface area contributed by atoms with Crippen LogP contribution in [0.3, 0.4) is 0 Å². The highest BCUT2D eigenvalue weighted by Gasteiger charge is 2.11. The average molecular weight is 329 g/mol. The van der Waals surface area contributed by atoms with Gasteiger partial charge >= 0.3 is 0 Å². The molecule has 2 heterocycles. The third-order valence-corrected chi connectivity index (χ3v) is 3.88. The van der Waals surface area contributed by atoms with Gasteiger partial charge < -0.3 is 25.4 Å². The number of aryl methyl sites for hydroxylation is 1. The summed E-state index contributed by atoms with van der Waals surface area (Å²) in [5.41, 5.74) is 3.07. The molecule has 1 aliphatic heterocycles. The number of nitrogens with zero attached hydrogens (tertiary/aromatic N) is 3. The Labute approximate surface area is 141 Å². The summed E-state index contributed by atoms with van der Waals surface area (Å²) in [5.74, 6) is 1.26. The summed E-state index contributed by atoms with van der Waals surface area (Å²) < 4.78 is 5.38. The summed E-state index contributed by atoms with van der Waals surface area (Å²) in [6.07, 6.45) is 1.76. The van der Waals surface area contributed by atoms with Crippen LogP contribution in [0.4, 0.5) is 23.1 Å². The van der Waals surface area contributed by atoms with Crippen LogP contribution >= 0.6 is 0 Å². The number of morpholine rings is 1. The predicted octanol–water partition coefficient (Wildman–Crippen LogP) is 1.77. The van der Waals surface area contributed by atoms with Crippen molar-refractivity contribution >= 4 is 23.1 Å². The minimum atomic E-state index is 0.0647. The molecule has 0 aliphatic carbocycles. The molecule has 1 aromatic heterocycles. The van der Waals surface area contributed by atoms with Crippen LogP contribution in [-0.2, 0) is 4.74 Å². The molecule has 0 amide bonds. The van der Waals surface area contributed by atoms with Crippen molar-refractivity contribution in [2.45, 2.75) is 6.92 Å². The van der Waals surface area contributed by atoms with Crippen molar-refractivity contribution in [3.63, 3.8) is 0 Å². The lowest BCUT2D eigenvalue weighted by atomic mass is 10.2. The van der Waals surface area contributed by atoms with Crippen molar-refractivity contribution in [2.24, 2.45) is 0 Å². The highest BCUT2D eigenvalue weighted by molar-refractivity contribution is 5.60. The summed E-state index contributed by atoms with van der Waals surface area (Å²) in [6.45, 7) is 5.87. The molecular weight excluding hydrogens is 306 g/mol. The zero-order valence-electron chi connectivity index (χ0n) is 13.8. The number of hydrogen-bond donors (Lipinski definition) is 3. The number of hydrogen-bond acceptors (Lipinski definition) is 7. The maximum atomic E-state index is 8.92. The van der Waals surface area contributed by atoms with Gasteiger partial charge in [0.15, 0.2) is 0 Å². The number of benzene rings is 1. The molecule has 128 valence electrons. The van der Waals surface area contributed by atoms with Crippen molar-refractivity contribution in [3.8, 4) is 0 Å². The van der Waals surface area contributed by atoms with Gasteiger partial charge in [-0.3, -0.25) is 0 Å². The molecule has 1 fully saturated rings. The molecule has 1 aromatic carbocycles. The van der Waals surface area contributed by atoms with Gasteiger partial charge in [0, 0.05) is 42.8 Å². The van der Waals surface area contributed by atoms with E-state index in [1.807, 2.05) is 19.1 Å². The molecule has 0 unspecified atom stereocenters. The van der Waals surface area contributed by atoms with E-state index < -0.39 is 0 Å². The summed E-state index contributed by atoms with van der Waals surface area (Å²) in [6, 6.07) is 8.23. The zero-order chi connectivity index (χ0) is 16.8. The van der Waals surface area contributed by atoms with E-state index in [0.717, 1.165) is 43.4 Å². The van der Waals surface area contributed by atoms with Crippen LogP contribution < -0.4 is 15.5 Å². The number of aliphatic hydroxyl groups is 1. The maximum Gasteiger partial charge on any atom is 0.229 e. The molecule has 1 aliphatic rings. The zero-order valence-corrected chi connectivity index (χ0v) is 13.8. The summed E-state index contributed by atoms with van der Waals surface area (Å²) in [7, 11) is 0.